The number of nitrogens with zero attached hydrogens (tertiary/aromatic N) is 5. The zero-order valence-corrected chi connectivity index (χ0v) is 14.1. The summed E-state index contributed by atoms with van der Waals surface area (Å²) in [6.07, 6.45) is 1.69. The number of sulfonamides is 1. The Morgan fingerprint density at radius 1 is 1.04 bits per heavy atom. The second kappa shape index (κ2) is 6.17. The molecule has 0 saturated carbocycles. The summed E-state index contributed by atoms with van der Waals surface area (Å²) in [5, 5.41) is 9.31. The highest BCUT2D eigenvalue weighted by molar-refractivity contribution is 7.88. The monoisotopic (exact) mass is 341 g/mol. The van der Waals surface area contributed by atoms with E-state index in [4.69, 9.17) is 0 Å². The van der Waals surface area contributed by atoms with E-state index in [1.165, 1.54) is 23.0 Å². The fourth-order valence-electron chi connectivity index (χ4n) is 2.74. The lowest BCUT2D eigenvalue weighted by Crippen LogP contribution is -2.43. The van der Waals surface area contributed by atoms with Crippen molar-refractivity contribution < 1.29 is 8.42 Å². The summed E-state index contributed by atoms with van der Waals surface area (Å²) in [6.45, 7) is 1.38. The fourth-order valence-corrected chi connectivity index (χ4v) is 3.61. The summed E-state index contributed by atoms with van der Waals surface area (Å²) in [5.74, 6) is 0.246. The number of hydrogen-bond acceptors (Lipinski definition) is 6. The van der Waals surface area contributed by atoms with E-state index < -0.39 is 21.3 Å². The van der Waals surface area contributed by atoms with Gasteiger partial charge in [0.05, 0.1) is 6.26 Å². The molecule has 0 N–H and O–H groups in total. The molecule has 126 valence electrons. The van der Waals surface area contributed by atoms with Gasteiger partial charge in [0.1, 0.15) is 11.9 Å². The van der Waals surface area contributed by atoms with Crippen LogP contribution in [-0.2, 0) is 24.1 Å². The molecule has 9 nitrogen and oxygen atoms in total. The lowest BCUT2D eigenvalue weighted by molar-refractivity contribution is 0.437. The largest absolute Gasteiger partial charge is 0.355 e. The minimum absolute atomic E-state index is 0.109. The SMILES string of the molecule is Cn1c(N2CCCN(S(C)(=O)=O)CC2)c(C#N)c(=O)n(C)c1=O. The van der Waals surface area contributed by atoms with Crippen LogP contribution in [-0.4, -0.2) is 54.3 Å². The lowest BCUT2D eigenvalue weighted by Gasteiger charge is -2.26. The molecule has 1 aromatic heterocycles. The molecule has 1 aliphatic heterocycles. The maximum atomic E-state index is 12.1. The Balaban J connectivity index is 2.50. The molecule has 1 aromatic rings. The predicted molar refractivity (Wildman–Crippen MR) is 84.9 cm³/mol. The quantitative estimate of drug-likeness (QED) is 0.643. The molecule has 1 fully saturated rings. The third kappa shape index (κ3) is 3.16. The molecule has 23 heavy (non-hydrogen) atoms. The molecule has 2 rings (SSSR count). The minimum Gasteiger partial charge on any atom is -0.355 e. The molecule has 2 heterocycles. The van der Waals surface area contributed by atoms with Gasteiger partial charge in [-0.1, -0.05) is 0 Å². The topological polar surface area (TPSA) is 108 Å². The van der Waals surface area contributed by atoms with E-state index in [1.807, 2.05) is 6.07 Å². The molecule has 1 saturated heterocycles. The maximum Gasteiger partial charge on any atom is 0.332 e. The standard InChI is InChI=1S/C13H19N5O4S/c1-15-11(10(9-14)12(19)16(2)13(15)20)17-5-4-6-18(8-7-17)23(3,21)22/h4-8H2,1-3H3. The van der Waals surface area contributed by atoms with Gasteiger partial charge in [0.25, 0.3) is 5.56 Å². The molecular weight excluding hydrogens is 322 g/mol. The average Bonchev–Trinajstić information content (AvgIpc) is 2.74. The fraction of sp³-hybridized carbons (Fsp3) is 0.615. The number of aromatic nitrogens is 2. The van der Waals surface area contributed by atoms with E-state index in [-0.39, 0.29) is 17.9 Å². The first kappa shape index (κ1) is 17.2. The molecule has 0 atom stereocenters. The summed E-state index contributed by atoms with van der Waals surface area (Å²) in [6, 6.07) is 1.87. The molecule has 0 amide bonds. The first-order valence-corrected chi connectivity index (χ1v) is 8.93. The molecule has 0 radical (unpaired) electrons. The Morgan fingerprint density at radius 2 is 1.70 bits per heavy atom. The first-order chi connectivity index (χ1) is 10.7. The lowest BCUT2D eigenvalue weighted by atomic mass is 10.2. The van der Waals surface area contributed by atoms with Crippen LogP contribution < -0.4 is 16.1 Å². The molecule has 10 heteroatoms. The van der Waals surface area contributed by atoms with Gasteiger partial charge in [-0.25, -0.2) is 17.5 Å². The van der Waals surface area contributed by atoms with Crippen LogP contribution in [0.15, 0.2) is 9.59 Å². The van der Waals surface area contributed by atoms with Crippen LogP contribution in [0, 0.1) is 11.3 Å². The van der Waals surface area contributed by atoms with Crippen molar-refractivity contribution in [1.29, 1.82) is 5.26 Å². The van der Waals surface area contributed by atoms with Gasteiger partial charge in [-0.3, -0.25) is 13.9 Å². The summed E-state index contributed by atoms with van der Waals surface area (Å²) in [7, 11) is -0.477. The van der Waals surface area contributed by atoms with Gasteiger partial charge < -0.3 is 4.90 Å². The number of hydrogen-bond donors (Lipinski definition) is 0. The van der Waals surface area contributed by atoms with E-state index in [0.717, 1.165) is 10.8 Å². The van der Waals surface area contributed by atoms with Crippen molar-refractivity contribution in [2.75, 3.05) is 37.3 Å². The Morgan fingerprint density at radius 3 is 2.26 bits per heavy atom. The summed E-state index contributed by atoms with van der Waals surface area (Å²) >= 11 is 0. The minimum atomic E-state index is -3.30. The Kier molecular flexibility index (Phi) is 4.63. The van der Waals surface area contributed by atoms with E-state index in [2.05, 4.69) is 0 Å². The van der Waals surface area contributed by atoms with Crippen LogP contribution in [0.2, 0.25) is 0 Å². The number of rotatable bonds is 2. The highest BCUT2D eigenvalue weighted by atomic mass is 32.2. The van der Waals surface area contributed by atoms with Gasteiger partial charge in [0.15, 0.2) is 5.56 Å². The highest BCUT2D eigenvalue weighted by Gasteiger charge is 2.26. The molecular formula is C13H19N5O4S. The van der Waals surface area contributed by atoms with Crippen molar-refractivity contribution in [3.05, 3.63) is 26.4 Å². The average molecular weight is 341 g/mol. The van der Waals surface area contributed by atoms with Crippen molar-refractivity contribution in [2.24, 2.45) is 14.1 Å². The first-order valence-electron chi connectivity index (χ1n) is 7.08. The smallest absolute Gasteiger partial charge is 0.332 e. The summed E-state index contributed by atoms with van der Waals surface area (Å²) in [5.41, 5.74) is -1.27. The van der Waals surface area contributed by atoms with E-state index in [9.17, 15) is 23.3 Å². The van der Waals surface area contributed by atoms with Gasteiger partial charge in [-0.05, 0) is 6.42 Å². The van der Waals surface area contributed by atoms with E-state index in [0.29, 0.717) is 26.1 Å². The van der Waals surface area contributed by atoms with Crippen LogP contribution in [0.3, 0.4) is 0 Å². The molecule has 0 bridgehead atoms. The van der Waals surface area contributed by atoms with Crippen LogP contribution in [0.1, 0.15) is 12.0 Å². The molecule has 0 aromatic carbocycles. The number of nitriles is 1. The van der Waals surface area contributed by atoms with Crippen molar-refractivity contribution >= 4 is 15.8 Å². The molecule has 0 spiro atoms. The Labute approximate surface area is 134 Å². The Hall–Kier alpha value is -2.12. The van der Waals surface area contributed by atoms with Crippen molar-refractivity contribution in [2.45, 2.75) is 6.42 Å². The predicted octanol–water partition coefficient (Wildman–Crippen LogP) is -1.57. The molecule has 0 aliphatic carbocycles. The highest BCUT2D eigenvalue weighted by Crippen LogP contribution is 2.17. The maximum absolute atomic E-state index is 12.1. The van der Waals surface area contributed by atoms with Crippen LogP contribution in [0.4, 0.5) is 5.82 Å². The normalized spacial score (nSPS) is 16.9. The van der Waals surface area contributed by atoms with Gasteiger partial charge >= 0.3 is 5.69 Å². The summed E-state index contributed by atoms with van der Waals surface area (Å²) < 4.78 is 26.9. The van der Waals surface area contributed by atoms with Gasteiger partial charge in [-0.2, -0.15) is 5.26 Å². The zero-order valence-electron chi connectivity index (χ0n) is 13.3. The second-order valence-corrected chi connectivity index (χ2v) is 7.50. The summed E-state index contributed by atoms with van der Waals surface area (Å²) in [4.78, 5) is 26.0. The molecule has 0 unspecified atom stereocenters. The third-order valence-corrected chi connectivity index (χ3v) is 5.27. The van der Waals surface area contributed by atoms with Crippen LogP contribution >= 0.6 is 0 Å². The molecule has 1 aliphatic rings. The van der Waals surface area contributed by atoms with Crippen molar-refractivity contribution in [3.8, 4) is 6.07 Å². The van der Waals surface area contributed by atoms with Crippen LogP contribution in [0.25, 0.3) is 0 Å². The number of anilines is 1. The van der Waals surface area contributed by atoms with Crippen LogP contribution in [0.5, 0.6) is 0 Å². The van der Waals surface area contributed by atoms with Crippen molar-refractivity contribution in [1.82, 2.24) is 13.4 Å². The van der Waals surface area contributed by atoms with Crippen molar-refractivity contribution in [3.63, 3.8) is 0 Å². The van der Waals surface area contributed by atoms with Gasteiger partial charge in [0, 0.05) is 40.3 Å². The van der Waals surface area contributed by atoms with Gasteiger partial charge in [0.2, 0.25) is 10.0 Å². The zero-order chi connectivity index (χ0) is 17.4. The Bertz CT molecular complexity index is 877. The van der Waals surface area contributed by atoms with E-state index in [1.54, 1.807) is 4.90 Å². The third-order valence-electron chi connectivity index (χ3n) is 3.97. The van der Waals surface area contributed by atoms with E-state index >= 15 is 0 Å². The van der Waals surface area contributed by atoms with Gasteiger partial charge in [-0.15, -0.1) is 0 Å². The second-order valence-electron chi connectivity index (χ2n) is 5.52.